The molecule has 1 heterocycles. The third-order valence-electron chi connectivity index (χ3n) is 3.70. The Bertz CT molecular complexity index is 258. The highest BCUT2D eigenvalue weighted by molar-refractivity contribution is 5.81. The van der Waals surface area contributed by atoms with Crippen LogP contribution in [-0.4, -0.2) is 18.4 Å². The first-order valence-electron chi connectivity index (χ1n) is 4.47. The van der Waals surface area contributed by atoms with Crippen LogP contribution < -0.4 is 0 Å². The molecule has 64 valence electrons. The largest absolute Gasteiger partial charge is 0.462 e. The first kappa shape index (κ1) is 6.63. The summed E-state index contributed by atoms with van der Waals surface area (Å²) >= 11 is 0. The number of rotatable bonds is 1. The fourth-order valence-corrected chi connectivity index (χ4v) is 3.23. The zero-order chi connectivity index (χ0) is 8.29. The minimum Gasteiger partial charge on any atom is -0.462 e. The van der Waals surface area contributed by atoms with E-state index >= 15 is 0 Å². The summed E-state index contributed by atoms with van der Waals surface area (Å²) < 4.78 is 5.17. The third kappa shape index (κ3) is 0.551. The Hall–Kier alpha value is -0.860. The summed E-state index contributed by atoms with van der Waals surface area (Å²) in [5.74, 6) is 0.584. The van der Waals surface area contributed by atoms with Crippen molar-refractivity contribution in [1.82, 2.24) is 0 Å². The van der Waals surface area contributed by atoms with Crippen molar-refractivity contribution >= 4 is 12.3 Å². The topological polar surface area (TPSA) is 43.4 Å². The molecule has 2 saturated carbocycles. The Morgan fingerprint density at radius 2 is 2.25 bits per heavy atom. The Labute approximate surface area is 70.1 Å². The number of aldehydes is 1. The molecular formula is C9H10O3. The van der Waals surface area contributed by atoms with Crippen LogP contribution >= 0.6 is 0 Å². The van der Waals surface area contributed by atoms with Gasteiger partial charge in [-0.15, -0.1) is 0 Å². The quantitative estimate of drug-likeness (QED) is 0.418. The molecule has 3 fully saturated rings. The van der Waals surface area contributed by atoms with Gasteiger partial charge in [0.1, 0.15) is 12.4 Å². The van der Waals surface area contributed by atoms with Crippen LogP contribution in [0.4, 0.5) is 0 Å². The number of fused-ring (bicyclic) bond motifs is 1. The molecular weight excluding hydrogens is 156 g/mol. The van der Waals surface area contributed by atoms with E-state index in [0.29, 0.717) is 11.8 Å². The SMILES string of the molecule is O=CC1C2CC3OC(=O)C1C3C2. The van der Waals surface area contributed by atoms with E-state index in [9.17, 15) is 9.59 Å². The molecule has 3 rings (SSSR count). The van der Waals surface area contributed by atoms with Crippen LogP contribution in [0.15, 0.2) is 0 Å². The van der Waals surface area contributed by atoms with Gasteiger partial charge in [0.15, 0.2) is 0 Å². The maximum Gasteiger partial charge on any atom is 0.310 e. The van der Waals surface area contributed by atoms with Gasteiger partial charge in [-0.3, -0.25) is 4.79 Å². The van der Waals surface area contributed by atoms with E-state index in [4.69, 9.17) is 4.74 Å². The molecule has 0 amide bonds. The highest BCUT2D eigenvalue weighted by atomic mass is 16.6. The van der Waals surface area contributed by atoms with E-state index in [1.54, 1.807) is 0 Å². The van der Waals surface area contributed by atoms with Crippen molar-refractivity contribution in [3.63, 3.8) is 0 Å². The predicted octanol–water partition coefficient (Wildman–Crippen LogP) is 0.383. The first-order chi connectivity index (χ1) is 5.81. The summed E-state index contributed by atoms with van der Waals surface area (Å²) in [6, 6.07) is 0. The molecule has 2 bridgehead atoms. The lowest BCUT2D eigenvalue weighted by Gasteiger charge is -2.18. The van der Waals surface area contributed by atoms with Crippen LogP contribution in [0, 0.1) is 23.7 Å². The number of carbonyl (C=O) groups is 2. The molecule has 0 aromatic heterocycles. The minimum atomic E-state index is -0.123. The lowest BCUT2D eigenvalue weighted by molar-refractivity contribution is -0.144. The van der Waals surface area contributed by atoms with Crippen molar-refractivity contribution in [1.29, 1.82) is 0 Å². The molecule has 1 saturated heterocycles. The van der Waals surface area contributed by atoms with Crippen LogP contribution in [-0.2, 0) is 14.3 Å². The summed E-state index contributed by atoms with van der Waals surface area (Å²) in [7, 11) is 0. The standard InChI is InChI=1S/C9H10O3/c10-3-6-4-1-5-7(2-4)12-9(11)8(5)6/h3-8H,1-2H2. The van der Waals surface area contributed by atoms with Crippen LogP contribution in [0.1, 0.15) is 12.8 Å². The maximum absolute atomic E-state index is 11.3. The molecule has 3 nitrogen and oxygen atoms in total. The average molecular weight is 166 g/mol. The van der Waals surface area contributed by atoms with E-state index in [1.165, 1.54) is 0 Å². The monoisotopic (exact) mass is 166 g/mol. The minimum absolute atomic E-state index is 0.0266. The van der Waals surface area contributed by atoms with Crippen molar-refractivity contribution in [3.05, 3.63) is 0 Å². The highest BCUT2D eigenvalue weighted by Crippen LogP contribution is 2.56. The van der Waals surface area contributed by atoms with Gasteiger partial charge in [0.25, 0.3) is 0 Å². The number of carbonyl (C=O) groups excluding carboxylic acids is 2. The second-order valence-electron chi connectivity index (χ2n) is 4.11. The first-order valence-corrected chi connectivity index (χ1v) is 4.47. The van der Waals surface area contributed by atoms with E-state index in [-0.39, 0.29) is 23.9 Å². The highest BCUT2D eigenvalue weighted by Gasteiger charge is 2.61. The van der Waals surface area contributed by atoms with Crippen LogP contribution in [0.5, 0.6) is 0 Å². The summed E-state index contributed by atoms with van der Waals surface area (Å²) in [4.78, 5) is 22.0. The fraction of sp³-hybridized carbons (Fsp3) is 0.778. The molecule has 0 radical (unpaired) electrons. The lowest BCUT2D eigenvalue weighted by atomic mass is 9.81. The second kappa shape index (κ2) is 1.90. The molecule has 3 aliphatic rings. The smallest absolute Gasteiger partial charge is 0.310 e. The Balaban J connectivity index is 2.03. The third-order valence-corrected chi connectivity index (χ3v) is 3.70. The second-order valence-corrected chi connectivity index (χ2v) is 4.11. The molecule has 1 aliphatic heterocycles. The van der Waals surface area contributed by atoms with E-state index in [1.807, 2.05) is 0 Å². The van der Waals surface area contributed by atoms with Crippen LogP contribution in [0.3, 0.4) is 0 Å². The molecule has 0 aromatic rings. The summed E-state index contributed by atoms with van der Waals surface area (Å²) in [5, 5.41) is 0. The molecule has 0 spiro atoms. The summed E-state index contributed by atoms with van der Waals surface area (Å²) in [6.07, 6.45) is 3.07. The van der Waals surface area contributed by atoms with Crippen molar-refractivity contribution < 1.29 is 14.3 Å². The van der Waals surface area contributed by atoms with Crippen LogP contribution in [0.25, 0.3) is 0 Å². The molecule has 2 aliphatic carbocycles. The molecule has 12 heavy (non-hydrogen) atoms. The molecule has 3 heteroatoms. The number of hydrogen-bond acceptors (Lipinski definition) is 3. The van der Waals surface area contributed by atoms with Gasteiger partial charge in [-0.05, 0) is 18.8 Å². The van der Waals surface area contributed by atoms with Crippen molar-refractivity contribution in [2.24, 2.45) is 23.7 Å². The predicted molar refractivity (Wildman–Crippen MR) is 39.1 cm³/mol. The Morgan fingerprint density at radius 3 is 3.00 bits per heavy atom. The average Bonchev–Trinajstić information content (AvgIpc) is 2.61. The van der Waals surface area contributed by atoms with E-state index < -0.39 is 0 Å². The van der Waals surface area contributed by atoms with Gasteiger partial charge < -0.3 is 9.53 Å². The summed E-state index contributed by atoms with van der Waals surface area (Å²) in [6.45, 7) is 0. The fourth-order valence-electron chi connectivity index (χ4n) is 3.23. The Kier molecular flexibility index (Phi) is 1.05. The van der Waals surface area contributed by atoms with Gasteiger partial charge in [-0.2, -0.15) is 0 Å². The Morgan fingerprint density at radius 1 is 1.42 bits per heavy atom. The van der Waals surface area contributed by atoms with Crippen molar-refractivity contribution in [2.45, 2.75) is 18.9 Å². The van der Waals surface area contributed by atoms with Gasteiger partial charge in [-0.1, -0.05) is 0 Å². The van der Waals surface area contributed by atoms with Gasteiger partial charge >= 0.3 is 5.97 Å². The van der Waals surface area contributed by atoms with Crippen molar-refractivity contribution in [3.8, 4) is 0 Å². The number of esters is 1. The molecule has 0 aromatic carbocycles. The lowest BCUT2D eigenvalue weighted by Crippen LogP contribution is -2.26. The maximum atomic E-state index is 11.3. The van der Waals surface area contributed by atoms with Gasteiger partial charge in [0.2, 0.25) is 0 Å². The van der Waals surface area contributed by atoms with E-state index in [2.05, 4.69) is 0 Å². The zero-order valence-corrected chi connectivity index (χ0v) is 6.60. The normalized spacial score (nSPS) is 54.3. The number of ether oxygens (including phenoxy) is 1. The molecule has 5 unspecified atom stereocenters. The molecule has 5 atom stereocenters. The zero-order valence-electron chi connectivity index (χ0n) is 6.60. The van der Waals surface area contributed by atoms with Gasteiger partial charge in [0, 0.05) is 11.8 Å². The van der Waals surface area contributed by atoms with Crippen LogP contribution in [0.2, 0.25) is 0 Å². The summed E-state index contributed by atoms with van der Waals surface area (Å²) in [5.41, 5.74) is 0. The van der Waals surface area contributed by atoms with E-state index in [0.717, 1.165) is 19.1 Å². The van der Waals surface area contributed by atoms with Gasteiger partial charge in [0.05, 0.1) is 5.92 Å². The van der Waals surface area contributed by atoms with Gasteiger partial charge in [-0.25, -0.2) is 0 Å². The number of hydrogen-bond donors (Lipinski definition) is 0. The molecule has 0 N–H and O–H groups in total. The van der Waals surface area contributed by atoms with Crippen molar-refractivity contribution in [2.75, 3.05) is 0 Å².